The molecule has 0 aromatic rings. The van der Waals surface area contributed by atoms with Crippen LogP contribution in [0.25, 0.3) is 0 Å². The molecule has 6 heteroatoms. The van der Waals surface area contributed by atoms with Crippen LogP contribution in [0.15, 0.2) is 47.1 Å². The van der Waals surface area contributed by atoms with Crippen LogP contribution < -0.4 is 0 Å². The molecule has 0 unspecified atom stereocenters. The van der Waals surface area contributed by atoms with Crippen molar-refractivity contribution in [3.63, 3.8) is 0 Å². The summed E-state index contributed by atoms with van der Waals surface area (Å²) >= 11 is 0. The van der Waals surface area contributed by atoms with Crippen LogP contribution in [0.5, 0.6) is 0 Å². The summed E-state index contributed by atoms with van der Waals surface area (Å²) in [5, 5.41) is 20.5. The van der Waals surface area contributed by atoms with E-state index in [2.05, 4.69) is 6.58 Å². The van der Waals surface area contributed by atoms with Crippen molar-refractivity contribution in [2.45, 2.75) is 51.9 Å². The van der Waals surface area contributed by atoms with Gasteiger partial charge in [0.25, 0.3) is 0 Å². The largest absolute Gasteiger partial charge is 0.455 e. The predicted molar refractivity (Wildman–Crippen MR) is 96.0 cm³/mol. The number of carbonyl (C=O) groups is 2. The minimum absolute atomic E-state index is 0.145. The second-order valence-electron chi connectivity index (χ2n) is 6.70. The summed E-state index contributed by atoms with van der Waals surface area (Å²) in [4.78, 5) is 24.4. The van der Waals surface area contributed by atoms with E-state index in [-0.39, 0.29) is 12.2 Å². The number of allylic oxidation sites excluding steroid dienone is 3. The number of rotatable bonds is 3. The average molecular weight is 362 g/mol. The van der Waals surface area contributed by atoms with Crippen molar-refractivity contribution in [1.82, 2.24) is 0 Å². The zero-order chi connectivity index (χ0) is 19.4. The first-order valence-electron chi connectivity index (χ1n) is 8.69. The molecule has 0 aromatic carbocycles. The number of esters is 2. The van der Waals surface area contributed by atoms with Gasteiger partial charge in [-0.1, -0.05) is 24.3 Å². The lowest BCUT2D eigenvalue weighted by Gasteiger charge is -2.31. The van der Waals surface area contributed by atoms with Crippen molar-refractivity contribution < 1.29 is 29.3 Å². The lowest BCUT2D eigenvalue weighted by atomic mass is 9.83. The van der Waals surface area contributed by atoms with Gasteiger partial charge in [0.2, 0.25) is 0 Å². The van der Waals surface area contributed by atoms with Crippen molar-refractivity contribution in [2.75, 3.05) is 6.61 Å². The Morgan fingerprint density at radius 1 is 1.50 bits per heavy atom. The zero-order valence-corrected chi connectivity index (χ0v) is 15.4. The Balaban J connectivity index is 2.50. The van der Waals surface area contributed by atoms with Gasteiger partial charge in [-0.15, -0.1) is 0 Å². The van der Waals surface area contributed by atoms with Crippen molar-refractivity contribution in [3.05, 3.63) is 47.1 Å². The van der Waals surface area contributed by atoms with Gasteiger partial charge in [0, 0.05) is 11.1 Å². The third-order valence-corrected chi connectivity index (χ3v) is 4.88. The highest BCUT2D eigenvalue weighted by Gasteiger charge is 2.47. The number of hydrogen-bond donors (Lipinski definition) is 2. The van der Waals surface area contributed by atoms with E-state index in [0.717, 1.165) is 5.57 Å². The minimum atomic E-state index is -1.26. The average Bonchev–Trinajstić information content (AvgIpc) is 2.88. The normalized spacial score (nSPS) is 34.1. The maximum absolute atomic E-state index is 12.3. The van der Waals surface area contributed by atoms with Gasteiger partial charge in [-0.3, -0.25) is 0 Å². The lowest BCUT2D eigenvalue weighted by Crippen LogP contribution is -2.43. The summed E-state index contributed by atoms with van der Waals surface area (Å²) in [6.07, 6.45) is 3.43. The van der Waals surface area contributed by atoms with Gasteiger partial charge in [-0.05, 0) is 45.3 Å². The van der Waals surface area contributed by atoms with Crippen LogP contribution in [0.3, 0.4) is 0 Å². The molecule has 6 nitrogen and oxygen atoms in total. The van der Waals surface area contributed by atoms with Gasteiger partial charge in [0.15, 0.2) is 0 Å². The van der Waals surface area contributed by atoms with E-state index in [9.17, 15) is 19.8 Å². The SMILES string of the molecule is C=C1C(=O)O[C@@H]2/C=C(/C)CC/C=C(/CO)[C@@H](O)[C@@H](OC(=O)/C(C)=C\C)[C@@H]12. The number of hydrogen-bond acceptors (Lipinski definition) is 6. The maximum atomic E-state index is 12.3. The third kappa shape index (κ3) is 4.14. The molecule has 1 aliphatic carbocycles. The van der Waals surface area contributed by atoms with Crippen LogP contribution in [-0.4, -0.2) is 47.1 Å². The van der Waals surface area contributed by atoms with Gasteiger partial charge in [-0.25, -0.2) is 9.59 Å². The Kier molecular flexibility index (Phi) is 6.56. The fourth-order valence-electron chi connectivity index (χ4n) is 3.14. The maximum Gasteiger partial charge on any atom is 0.334 e. The molecule has 0 amide bonds. The van der Waals surface area contributed by atoms with Crippen LogP contribution >= 0.6 is 0 Å². The number of aliphatic hydroxyl groups is 2. The molecule has 1 fully saturated rings. The molecule has 0 saturated carbocycles. The van der Waals surface area contributed by atoms with Crippen molar-refractivity contribution in [2.24, 2.45) is 5.92 Å². The molecule has 0 spiro atoms. The molecule has 0 aromatic heterocycles. The third-order valence-electron chi connectivity index (χ3n) is 4.88. The topological polar surface area (TPSA) is 93.1 Å². The van der Waals surface area contributed by atoms with E-state index in [4.69, 9.17) is 9.47 Å². The molecule has 2 aliphatic rings. The standard InChI is InChI=1S/C20H26O6/c1-5-12(3)19(23)26-18-16-13(4)20(24)25-15(16)9-11(2)7-6-8-14(10-21)17(18)22/h5,8-9,15-18,21-22H,4,6-7,10H2,1-3H3/b11-9-,12-5-,14-8-/t15-,16+,17-,18+/m1/s1. The number of ether oxygens (including phenoxy) is 2. The molecule has 2 N–H and O–H groups in total. The number of aliphatic hydroxyl groups excluding tert-OH is 2. The molecule has 0 radical (unpaired) electrons. The highest BCUT2D eigenvalue weighted by Crippen LogP contribution is 2.36. The monoisotopic (exact) mass is 362 g/mol. The molecule has 1 saturated heterocycles. The van der Waals surface area contributed by atoms with Gasteiger partial charge in [-0.2, -0.15) is 0 Å². The molecule has 1 aliphatic heterocycles. The van der Waals surface area contributed by atoms with E-state index in [0.29, 0.717) is 24.0 Å². The predicted octanol–water partition coefficient (Wildman–Crippen LogP) is 1.98. The van der Waals surface area contributed by atoms with Gasteiger partial charge in [0.05, 0.1) is 12.5 Å². The molecular formula is C20H26O6. The Hall–Kier alpha value is -2.18. The summed E-state index contributed by atoms with van der Waals surface area (Å²) < 4.78 is 10.9. The minimum Gasteiger partial charge on any atom is -0.455 e. The Labute approximate surface area is 153 Å². The van der Waals surface area contributed by atoms with E-state index >= 15 is 0 Å². The van der Waals surface area contributed by atoms with Crippen LogP contribution in [-0.2, 0) is 19.1 Å². The first kappa shape index (κ1) is 20.1. The van der Waals surface area contributed by atoms with Crippen molar-refractivity contribution >= 4 is 11.9 Å². The summed E-state index contributed by atoms with van der Waals surface area (Å²) in [5.74, 6) is -1.90. The van der Waals surface area contributed by atoms with Gasteiger partial charge in [0.1, 0.15) is 18.3 Å². The summed E-state index contributed by atoms with van der Waals surface area (Å²) in [6, 6.07) is 0. The van der Waals surface area contributed by atoms with Crippen LogP contribution in [0.1, 0.15) is 33.6 Å². The molecule has 4 atom stereocenters. The smallest absolute Gasteiger partial charge is 0.334 e. The lowest BCUT2D eigenvalue weighted by molar-refractivity contribution is -0.153. The van der Waals surface area contributed by atoms with Gasteiger partial charge >= 0.3 is 11.9 Å². The summed E-state index contributed by atoms with van der Waals surface area (Å²) in [5.41, 5.74) is 1.87. The summed E-state index contributed by atoms with van der Waals surface area (Å²) in [6.45, 7) is 8.62. The van der Waals surface area contributed by atoms with E-state index in [1.165, 1.54) is 0 Å². The quantitative estimate of drug-likeness (QED) is 0.453. The fraction of sp³-hybridized carbons (Fsp3) is 0.500. The van der Waals surface area contributed by atoms with Crippen LogP contribution in [0.4, 0.5) is 0 Å². The van der Waals surface area contributed by atoms with Crippen molar-refractivity contribution in [3.8, 4) is 0 Å². The molecule has 2 rings (SSSR count). The first-order chi connectivity index (χ1) is 12.3. The molecule has 1 heterocycles. The van der Waals surface area contributed by atoms with E-state index in [1.54, 1.807) is 26.0 Å². The Morgan fingerprint density at radius 2 is 2.19 bits per heavy atom. The van der Waals surface area contributed by atoms with Gasteiger partial charge < -0.3 is 19.7 Å². The van der Waals surface area contributed by atoms with Crippen LogP contribution in [0, 0.1) is 5.92 Å². The Morgan fingerprint density at radius 3 is 2.81 bits per heavy atom. The molecule has 0 bridgehead atoms. The first-order valence-corrected chi connectivity index (χ1v) is 8.69. The second-order valence-corrected chi connectivity index (χ2v) is 6.70. The zero-order valence-electron chi connectivity index (χ0n) is 15.4. The second kappa shape index (κ2) is 8.47. The molecule has 26 heavy (non-hydrogen) atoms. The number of carbonyl (C=O) groups excluding carboxylic acids is 2. The van der Waals surface area contributed by atoms with E-state index < -0.39 is 36.2 Å². The highest BCUT2D eigenvalue weighted by molar-refractivity contribution is 5.92. The van der Waals surface area contributed by atoms with Crippen LogP contribution in [0.2, 0.25) is 0 Å². The fourth-order valence-corrected chi connectivity index (χ4v) is 3.14. The summed E-state index contributed by atoms with van der Waals surface area (Å²) in [7, 11) is 0. The molecular weight excluding hydrogens is 336 g/mol. The Bertz CT molecular complexity index is 684. The van der Waals surface area contributed by atoms with E-state index in [1.807, 2.05) is 13.0 Å². The highest BCUT2D eigenvalue weighted by atomic mass is 16.6. The molecule has 142 valence electrons. The van der Waals surface area contributed by atoms with Crippen molar-refractivity contribution in [1.29, 1.82) is 0 Å². The number of fused-ring (bicyclic) bond motifs is 1.